The second kappa shape index (κ2) is 2.97. The highest BCUT2D eigenvalue weighted by Crippen LogP contribution is 2.60. The molecular weight excluding hydrogens is 192 g/mol. The molecule has 0 N–H and O–H groups in total. The number of fused-ring (bicyclic) bond motifs is 1. The van der Waals surface area contributed by atoms with Gasteiger partial charge in [-0.15, -0.1) is 0 Å². The van der Waals surface area contributed by atoms with Crippen LogP contribution in [0.4, 0.5) is 0 Å². The molecule has 2 fully saturated rings. The molecular formula is C12H20O3. The minimum absolute atomic E-state index is 0.0468. The van der Waals surface area contributed by atoms with E-state index >= 15 is 0 Å². The molecule has 0 aromatic carbocycles. The summed E-state index contributed by atoms with van der Waals surface area (Å²) in [5.41, 5.74) is -0.321. The van der Waals surface area contributed by atoms with Gasteiger partial charge in [0.1, 0.15) is 5.60 Å². The third-order valence-electron chi connectivity index (χ3n) is 4.57. The normalized spacial score (nSPS) is 46.9. The standard InChI is InChI=1S/C12H20O3/c1-7-6-8-12(4,15-8)9(10(13)14-5)11(7,2)3/h7-9H,6H2,1-5H3/t7-,8+,9-,12+/m1/s1. The summed E-state index contributed by atoms with van der Waals surface area (Å²) >= 11 is 0. The zero-order chi connectivity index (χ0) is 11.4. The van der Waals surface area contributed by atoms with Crippen molar-refractivity contribution in [2.45, 2.75) is 45.8 Å². The van der Waals surface area contributed by atoms with Crippen molar-refractivity contribution in [1.29, 1.82) is 0 Å². The third kappa shape index (κ3) is 1.32. The van der Waals surface area contributed by atoms with E-state index in [0.717, 1.165) is 6.42 Å². The lowest BCUT2D eigenvalue weighted by Gasteiger charge is -2.43. The van der Waals surface area contributed by atoms with Gasteiger partial charge in [0.05, 0.1) is 19.1 Å². The Morgan fingerprint density at radius 3 is 2.53 bits per heavy atom. The molecule has 2 rings (SSSR count). The van der Waals surface area contributed by atoms with Crippen LogP contribution in [0.1, 0.15) is 34.1 Å². The molecule has 0 spiro atoms. The van der Waals surface area contributed by atoms with Crippen LogP contribution in [0.3, 0.4) is 0 Å². The van der Waals surface area contributed by atoms with Gasteiger partial charge in [-0.1, -0.05) is 20.8 Å². The maximum atomic E-state index is 11.9. The minimum atomic E-state index is -0.275. The van der Waals surface area contributed by atoms with Crippen molar-refractivity contribution in [3.63, 3.8) is 0 Å². The summed E-state index contributed by atoms with van der Waals surface area (Å²) in [7, 11) is 1.46. The number of carbonyl (C=O) groups is 1. The van der Waals surface area contributed by atoms with E-state index in [2.05, 4.69) is 20.8 Å². The Hall–Kier alpha value is -0.570. The highest BCUT2D eigenvalue weighted by Gasteiger charge is 2.69. The number of epoxide rings is 1. The van der Waals surface area contributed by atoms with Gasteiger partial charge in [-0.05, 0) is 24.7 Å². The fourth-order valence-corrected chi connectivity index (χ4v) is 3.11. The van der Waals surface area contributed by atoms with Crippen molar-refractivity contribution >= 4 is 5.97 Å². The lowest BCUT2D eigenvalue weighted by Crippen LogP contribution is -2.49. The Balaban J connectivity index is 2.33. The van der Waals surface area contributed by atoms with Crippen LogP contribution in [0.5, 0.6) is 0 Å². The molecule has 4 atom stereocenters. The number of esters is 1. The van der Waals surface area contributed by atoms with Gasteiger partial charge in [-0.25, -0.2) is 0 Å². The average molecular weight is 212 g/mol. The minimum Gasteiger partial charge on any atom is -0.469 e. The second-order valence-corrected chi connectivity index (χ2v) is 5.70. The molecule has 1 saturated heterocycles. The van der Waals surface area contributed by atoms with E-state index in [-0.39, 0.29) is 29.0 Å². The molecule has 3 heteroatoms. The van der Waals surface area contributed by atoms with Crippen LogP contribution in [0.15, 0.2) is 0 Å². The van der Waals surface area contributed by atoms with E-state index in [0.29, 0.717) is 5.92 Å². The van der Waals surface area contributed by atoms with Gasteiger partial charge in [-0.3, -0.25) is 4.79 Å². The molecule has 1 aliphatic carbocycles. The predicted octanol–water partition coefficient (Wildman–Crippen LogP) is 2.00. The summed E-state index contributed by atoms with van der Waals surface area (Å²) in [6.45, 7) is 8.51. The molecule has 0 unspecified atom stereocenters. The molecule has 2 aliphatic rings. The maximum Gasteiger partial charge on any atom is 0.312 e. The largest absolute Gasteiger partial charge is 0.469 e. The molecule has 86 valence electrons. The average Bonchev–Trinajstić information content (AvgIpc) is 2.75. The fraction of sp³-hybridized carbons (Fsp3) is 0.917. The van der Waals surface area contributed by atoms with Gasteiger partial charge in [0.15, 0.2) is 0 Å². The van der Waals surface area contributed by atoms with Crippen molar-refractivity contribution < 1.29 is 14.3 Å². The summed E-state index contributed by atoms with van der Waals surface area (Å²) in [6.07, 6.45) is 1.31. The molecule has 0 bridgehead atoms. The Morgan fingerprint density at radius 2 is 2.00 bits per heavy atom. The molecule has 3 nitrogen and oxygen atoms in total. The molecule has 1 saturated carbocycles. The summed E-state index contributed by atoms with van der Waals surface area (Å²) in [5, 5.41) is 0. The van der Waals surface area contributed by atoms with E-state index in [4.69, 9.17) is 9.47 Å². The number of rotatable bonds is 1. The van der Waals surface area contributed by atoms with Gasteiger partial charge in [0.25, 0.3) is 0 Å². The van der Waals surface area contributed by atoms with Gasteiger partial charge in [0.2, 0.25) is 0 Å². The third-order valence-corrected chi connectivity index (χ3v) is 4.57. The number of hydrogen-bond donors (Lipinski definition) is 0. The number of hydrogen-bond acceptors (Lipinski definition) is 3. The van der Waals surface area contributed by atoms with Crippen molar-refractivity contribution in [2.75, 3.05) is 7.11 Å². The van der Waals surface area contributed by atoms with Crippen LogP contribution in [-0.4, -0.2) is 24.8 Å². The lowest BCUT2D eigenvalue weighted by molar-refractivity contribution is -0.155. The fourth-order valence-electron chi connectivity index (χ4n) is 3.11. The smallest absolute Gasteiger partial charge is 0.312 e. The first-order chi connectivity index (χ1) is 6.84. The van der Waals surface area contributed by atoms with Crippen LogP contribution >= 0.6 is 0 Å². The van der Waals surface area contributed by atoms with Crippen LogP contribution in [0, 0.1) is 17.3 Å². The molecule has 0 radical (unpaired) electrons. The monoisotopic (exact) mass is 212 g/mol. The summed E-state index contributed by atoms with van der Waals surface area (Å²) in [6, 6.07) is 0. The molecule has 0 aromatic rings. The van der Waals surface area contributed by atoms with Gasteiger partial charge >= 0.3 is 5.97 Å². The van der Waals surface area contributed by atoms with Crippen molar-refractivity contribution in [1.82, 2.24) is 0 Å². The molecule has 1 aliphatic heterocycles. The zero-order valence-corrected chi connectivity index (χ0v) is 10.2. The van der Waals surface area contributed by atoms with E-state index in [1.807, 2.05) is 6.92 Å². The predicted molar refractivity (Wildman–Crippen MR) is 56.3 cm³/mol. The van der Waals surface area contributed by atoms with Crippen LogP contribution < -0.4 is 0 Å². The van der Waals surface area contributed by atoms with E-state index < -0.39 is 0 Å². The van der Waals surface area contributed by atoms with Crippen LogP contribution in [-0.2, 0) is 14.3 Å². The van der Waals surface area contributed by atoms with Crippen LogP contribution in [0.2, 0.25) is 0 Å². The highest BCUT2D eigenvalue weighted by molar-refractivity contribution is 5.76. The summed E-state index contributed by atoms with van der Waals surface area (Å²) in [5.74, 6) is 0.225. The van der Waals surface area contributed by atoms with Crippen LogP contribution in [0.25, 0.3) is 0 Å². The molecule has 0 aromatic heterocycles. The zero-order valence-electron chi connectivity index (χ0n) is 10.2. The molecule has 0 amide bonds. The van der Waals surface area contributed by atoms with Crippen molar-refractivity contribution in [3.8, 4) is 0 Å². The van der Waals surface area contributed by atoms with E-state index in [9.17, 15) is 4.79 Å². The van der Waals surface area contributed by atoms with E-state index in [1.54, 1.807) is 0 Å². The van der Waals surface area contributed by atoms with Gasteiger partial charge in [0, 0.05) is 0 Å². The maximum absolute atomic E-state index is 11.9. The first-order valence-electron chi connectivity index (χ1n) is 5.59. The Morgan fingerprint density at radius 1 is 1.40 bits per heavy atom. The van der Waals surface area contributed by atoms with Gasteiger partial charge in [-0.2, -0.15) is 0 Å². The second-order valence-electron chi connectivity index (χ2n) is 5.70. The molecule has 15 heavy (non-hydrogen) atoms. The lowest BCUT2D eigenvalue weighted by atomic mass is 9.59. The summed E-state index contributed by atoms with van der Waals surface area (Å²) < 4.78 is 10.6. The van der Waals surface area contributed by atoms with E-state index in [1.165, 1.54) is 7.11 Å². The van der Waals surface area contributed by atoms with Crippen molar-refractivity contribution in [3.05, 3.63) is 0 Å². The first kappa shape index (κ1) is 10.9. The number of methoxy groups -OCH3 is 1. The highest BCUT2D eigenvalue weighted by atomic mass is 16.6. The number of carbonyl (C=O) groups excluding carboxylic acids is 1. The Kier molecular flexibility index (Phi) is 2.16. The van der Waals surface area contributed by atoms with Crippen molar-refractivity contribution in [2.24, 2.45) is 17.3 Å². The topological polar surface area (TPSA) is 38.8 Å². The Bertz CT molecular complexity index is 297. The quantitative estimate of drug-likeness (QED) is 0.493. The Labute approximate surface area is 91.1 Å². The first-order valence-corrected chi connectivity index (χ1v) is 5.59. The van der Waals surface area contributed by atoms with Gasteiger partial charge < -0.3 is 9.47 Å². The number of ether oxygens (including phenoxy) is 2. The molecule has 1 heterocycles. The summed E-state index contributed by atoms with van der Waals surface area (Å²) in [4.78, 5) is 11.9. The SMILES string of the molecule is COC(=O)[C@@H]1C(C)(C)[C@H](C)C[C@@H]2O[C@@]21C.